The number of carbonyl (C=O) groups is 1. The van der Waals surface area contributed by atoms with Crippen molar-refractivity contribution in [2.75, 3.05) is 25.5 Å². The largest absolute Gasteiger partial charge is 0.497 e. The van der Waals surface area contributed by atoms with Crippen LogP contribution in [0.1, 0.15) is 35.6 Å². The first kappa shape index (κ1) is 22.9. The Bertz CT molecular complexity index is 1140. The van der Waals surface area contributed by atoms with Crippen molar-refractivity contribution < 1.29 is 9.53 Å². The van der Waals surface area contributed by atoms with E-state index in [0.717, 1.165) is 77.8 Å². The number of anilines is 1. The molecule has 4 rings (SSSR count). The molecule has 0 unspecified atom stereocenters. The highest BCUT2D eigenvalue weighted by molar-refractivity contribution is 5.96. The Hall–Kier alpha value is -3.25. The zero-order chi connectivity index (χ0) is 23.4. The van der Waals surface area contributed by atoms with Crippen molar-refractivity contribution in [3.8, 4) is 16.9 Å². The first-order valence-corrected chi connectivity index (χ1v) is 11.5. The Morgan fingerprint density at radius 1 is 1.00 bits per heavy atom. The molecular formula is C27H32N4O2. The number of aromatic nitrogens is 2. The summed E-state index contributed by atoms with van der Waals surface area (Å²) in [5, 5.41) is 3.18. The van der Waals surface area contributed by atoms with E-state index in [0.29, 0.717) is 0 Å². The van der Waals surface area contributed by atoms with E-state index in [2.05, 4.69) is 15.2 Å². The Kier molecular flexibility index (Phi) is 7.04. The van der Waals surface area contributed by atoms with Gasteiger partial charge in [-0.25, -0.2) is 0 Å². The molecule has 0 saturated carbocycles. The predicted octanol–water partition coefficient (Wildman–Crippen LogP) is 4.93. The van der Waals surface area contributed by atoms with E-state index in [-0.39, 0.29) is 11.8 Å². The average Bonchev–Trinajstić information content (AvgIpc) is 2.83. The molecule has 0 atom stereocenters. The molecule has 33 heavy (non-hydrogen) atoms. The zero-order valence-corrected chi connectivity index (χ0v) is 19.9. The summed E-state index contributed by atoms with van der Waals surface area (Å²) in [7, 11) is 1.66. The summed E-state index contributed by atoms with van der Waals surface area (Å²) < 4.78 is 5.36. The van der Waals surface area contributed by atoms with Crippen molar-refractivity contribution in [2.24, 2.45) is 5.92 Å². The molecule has 0 aliphatic carbocycles. The number of ether oxygens (including phenoxy) is 1. The summed E-state index contributed by atoms with van der Waals surface area (Å²) in [6.45, 7) is 8.57. The lowest BCUT2D eigenvalue weighted by Gasteiger charge is -2.31. The number of aryl methyl sites for hydroxylation is 3. The molecule has 6 heteroatoms. The minimum absolute atomic E-state index is 0.00607. The number of nitrogens with one attached hydrogen (secondary N) is 1. The van der Waals surface area contributed by atoms with Crippen molar-refractivity contribution in [3.05, 3.63) is 71.3 Å². The number of hydrogen-bond acceptors (Lipinski definition) is 5. The molecule has 172 valence electrons. The number of methoxy groups -OCH3 is 1. The Balaban J connectivity index is 1.39. The summed E-state index contributed by atoms with van der Waals surface area (Å²) in [6.07, 6.45) is 1.68. The lowest BCUT2D eigenvalue weighted by Crippen LogP contribution is -2.38. The second kappa shape index (κ2) is 10.1. The van der Waals surface area contributed by atoms with Crippen LogP contribution in [0.3, 0.4) is 0 Å². The molecule has 0 spiro atoms. The molecule has 2 aromatic carbocycles. The summed E-state index contributed by atoms with van der Waals surface area (Å²) in [5.41, 5.74) is 6.84. The van der Waals surface area contributed by atoms with Gasteiger partial charge in [0.2, 0.25) is 5.91 Å². The van der Waals surface area contributed by atoms with Gasteiger partial charge in [0.15, 0.2) is 0 Å². The number of para-hydroxylation sites is 1. The van der Waals surface area contributed by atoms with E-state index in [1.165, 1.54) is 0 Å². The highest BCUT2D eigenvalue weighted by Gasteiger charge is 2.26. The summed E-state index contributed by atoms with van der Waals surface area (Å²) in [5.74, 6) is 0.892. The SMILES string of the molecule is COc1cccc(-c2ccccc2NC(=O)C2CCN(Cc3nc(C)c(C)nc3C)CC2)c1. The van der Waals surface area contributed by atoms with E-state index in [1.54, 1.807) is 7.11 Å². The monoisotopic (exact) mass is 444 g/mol. The standard InChI is InChI=1S/C27H32N4O2/c1-18-19(2)29-26(20(3)28-18)17-31-14-12-21(13-15-31)27(32)30-25-11-6-5-10-24(25)22-8-7-9-23(16-22)33-4/h5-11,16,21H,12-15,17H2,1-4H3,(H,30,32). The van der Waals surface area contributed by atoms with Crippen LogP contribution < -0.4 is 10.1 Å². The van der Waals surface area contributed by atoms with Gasteiger partial charge in [0.05, 0.1) is 29.9 Å². The molecule has 1 fully saturated rings. The van der Waals surface area contributed by atoms with Crippen LogP contribution in [0, 0.1) is 26.7 Å². The number of carbonyl (C=O) groups excluding carboxylic acids is 1. The molecule has 0 bridgehead atoms. The van der Waals surface area contributed by atoms with Gasteiger partial charge in [0.1, 0.15) is 5.75 Å². The van der Waals surface area contributed by atoms with E-state index in [1.807, 2.05) is 69.3 Å². The van der Waals surface area contributed by atoms with Crippen LogP contribution in [0.15, 0.2) is 48.5 Å². The fourth-order valence-corrected chi connectivity index (χ4v) is 4.35. The van der Waals surface area contributed by atoms with Gasteiger partial charge in [0, 0.05) is 23.7 Å². The second-order valence-corrected chi connectivity index (χ2v) is 8.74. The van der Waals surface area contributed by atoms with Crippen LogP contribution in [0.5, 0.6) is 5.75 Å². The van der Waals surface area contributed by atoms with Crippen LogP contribution in [-0.4, -0.2) is 41.0 Å². The van der Waals surface area contributed by atoms with E-state index >= 15 is 0 Å². The summed E-state index contributed by atoms with van der Waals surface area (Å²) >= 11 is 0. The van der Waals surface area contributed by atoms with Gasteiger partial charge in [-0.15, -0.1) is 0 Å². The van der Waals surface area contributed by atoms with Gasteiger partial charge >= 0.3 is 0 Å². The van der Waals surface area contributed by atoms with E-state index in [9.17, 15) is 4.79 Å². The van der Waals surface area contributed by atoms with Gasteiger partial charge in [-0.3, -0.25) is 19.7 Å². The highest BCUT2D eigenvalue weighted by Crippen LogP contribution is 2.31. The van der Waals surface area contributed by atoms with Gasteiger partial charge in [0.25, 0.3) is 0 Å². The molecule has 0 radical (unpaired) electrons. The number of benzene rings is 2. The smallest absolute Gasteiger partial charge is 0.227 e. The fourth-order valence-electron chi connectivity index (χ4n) is 4.35. The van der Waals surface area contributed by atoms with E-state index < -0.39 is 0 Å². The number of likely N-dealkylation sites (tertiary alicyclic amines) is 1. The third-order valence-corrected chi connectivity index (χ3v) is 6.48. The molecular weight excluding hydrogens is 412 g/mol. The molecule has 1 amide bonds. The van der Waals surface area contributed by atoms with Crippen LogP contribution in [0.4, 0.5) is 5.69 Å². The maximum atomic E-state index is 13.1. The van der Waals surface area contributed by atoms with Crippen molar-refractivity contribution in [1.29, 1.82) is 0 Å². The predicted molar refractivity (Wildman–Crippen MR) is 131 cm³/mol. The van der Waals surface area contributed by atoms with Crippen LogP contribution >= 0.6 is 0 Å². The topological polar surface area (TPSA) is 67.3 Å². The lowest BCUT2D eigenvalue weighted by atomic mass is 9.95. The minimum Gasteiger partial charge on any atom is -0.497 e. The maximum Gasteiger partial charge on any atom is 0.227 e. The number of nitrogens with zero attached hydrogens (tertiary/aromatic N) is 3. The molecule has 1 N–H and O–H groups in total. The van der Waals surface area contributed by atoms with Crippen LogP contribution in [0.25, 0.3) is 11.1 Å². The van der Waals surface area contributed by atoms with Crippen molar-refractivity contribution in [3.63, 3.8) is 0 Å². The maximum absolute atomic E-state index is 13.1. The molecule has 2 heterocycles. The number of hydrogen-bond donors (Lipinski definition) is 1. The lowest BCUT2D eigenvalue weighted by molar-refractivity contribution is -0.121. The Morgan fingerprint density at radius 3 is 2.48 bits per heavy atom. The van der Waals surface area contributed by atoms with Crippen molar-refractivity contribution >= 4 is 11.6 Å². The van der Waals surface area contributed by atoms with Crippen LogP contribution in [0.2, 0.25) is 0 Å². The molecule has 6 nitrogen and oxygen atoms in total. The van der Waals surface area contributed by atoms with Crippen LogP contribution in [-0.2, 0) is 11.3 Å². The van der Waals surface area contributed by atoms with Crippen molar-refractivity contribution in [2.45, 2.75) is 40.2 Å². The van der Waals surface area contributed by atoms with E-state index in [4.69, 9.17) is 9.72 Å². The number of piperidine rings is 1. The zero-order valence-electron chi connectivity index (χ0n) is 19.9. The summed E-state index contributed by atoms with van der Waals surface area (Å²) in [4.78, 5) is 24.8. The molecule has 3 aromatic rings. The van der Waals surface area contributed by atoms with Gasteiger partial charge in [-0.05, 0) is 70.5 Å². The van der Waals surface area contributed by atoms with Gasteiger partial charge in [-0.1, -0.05) is 30.3 Å². The van der Waals surface area contributed by atoms with Gasteiger partial charge in [-0.2, -0.15) is 0 Å². The molecule has 1 aliphatic heterocycles. The molecule has 1 saturated heterocycles. The Labute approximate surface area is 196 Å². The fraction of sp³-hybridized carbons (Fsp3) is 0.370. The third kappa shape index (κ3) is 5.40. The second-order valence-electron chi connectivity index (χ2n) is 8.74. The number of amides is 1. The minimum atomic E-state index is 0.00607. The highest BCUT2D eigenvalue weighted by atomic mass is 16.5. The number of rotatable bonds is 6. The molecule has 1 aliphatic rings. The quantitative estimate of drug-likeness (QED) is 0.584. The summed E-state index contributed by atoms with van der Waals surface area (Å²) in [6, 6.07) is 15.8. The molecule has 1 aromatic heterocycles. The van der Waals surface area contributed by atoms with Crippen molar-refractivity contribution in [1.82, 2.24) is 14.9 Å². The first-order chi connectivity index (χ1) is 15.9. The normalized spacial score (nSPS) is 14.8. The Morgan fingerprint density at radius 2 is 1.73 bits per heavy atom. The average molecular weight is 445 g/mol. The van der Waals surface area contributed by atoms with Gasteiger partial charge < -0.3 is 10.1 Å². The first-order valence-electron chi connectivity index (χ1n) is 11.5. The third-order valence-electron chi connectivity index (χ3n) is 6.48.